The molecule has 180 valence electrons. The molecule has 1 aromatic carbocycles. The minimum absolute atomic E-state index is 0.0621. The van der Waals surface area contributed by atoms with Gasteiger partial charge < -0.3 is 20.6 Å². The Morgan fingerprint density at radius 3 is 2.38 bits per heavy atom. The van der Waals surface area contributed by atoms with Crippen molar-refractivity contribution in [2.24, 2.45) is 11.1 Å². The zero-order valence-corrected chi connectivity index (χ0v) is 19.7. The molecule has 4 N–H and O–H groups in total. The zero-order valence-electron chi connectivity index (χ0n) is 18.9. The predicted octanol–water partition coefficient (Wildman–Crippen LogP) is 0.454. The predicted molar refractivity (Wildman–Crippen MR) is 125 cm³/mol. The third-order valence-corrected chi connectivity index (χ3v) is 9.36. The van der Waals surface area contributed by atoms with E-state index in [-0.39, 0.29) is 29.8 Å². The summed E-state index contributed by atoms with van der Waals surface area (Å²) in [6, 6.07) is 8.56. The number of primary amides is 1. The Hall–Kier alpha value is -2.85. The highest BCUT2D eigenvalue weighted by atomic mass is 32.2. The lowest BCUT2D eigenvalue weighted by molar-refractivity contribution is -0.940. The number of hydrogen-bond donors (Lipinski definition) is 3. The second kappa shape index (κ2) is 8.42. The molecule has 5 heterocycles. The van der Waals surface area contributed by atoms with Gasteiger partial charge in [0, 0.05) is 30.6 Å². The van der Waals surface area contributed by atoms with Crippen molar-refractivity contribution < 1.29 is 28.8 Å². The molecule has 0 radical (unpaired) electrons. The summed E-state index contributed by atoms with van der Waals surface area (Å²) in [6.07, 6.45) is 2.35. The molecule has 0 aliphatic carbocycles. The van der Waals surface area contributed by atoms with E-state index in [1.165, 1.54) is 16.7 Å². The maximum atomic E-state index is 13.0. The van der Waals surface area contributed by atoms with Crippen LogP contribution in [0.1, 0.15) is 24.8 Å². The number of β-lactam (4-membered cyclic amide) rings is 1. The largest absolute Gasteiger partial charge is 0.477 e. The highest BCUT2D eigenvalue weighted by Gasteiger charge is 2.56. The fraction of sp³-hybridized carbons (Fsp3) is 0.500. The van der Waals surface area contributed by atoms with Crippen molar-refractivity contribution >= 4 is 35.5 Å². The first-order valence-corrected chi connectivity index (χ1v) is 12.7. The number of quaternary nitrogens is 1. The Morgan fingerprint density at radius 2 is 1.79 bits per heavy atom. The van der Waals surface area contributed by atoms with Crippen LogP contribution in [-0.2, 0) is 25.6 Å². The van der Waals surface area contributed by atoms with E-state index in [1.807, 2.05) is 30.3 Å². The first kappa shape index (κ1) is 22.9. The molecule has 2 atom stereocenters. The number of benzene rings is 1. The van der Waals surface area contributed by atoms with Gasteiger partial charge in [-0.1, -0.05) is 30.3 Å². The van der Waals surface area contributed by atoms with Crippen LogP contribution < -0.4 is 11.1 Å². The van der Waals surface area contributed by atoms with Crippen LogP contribution in [0.5, 0.6) is 0 Å². The number of amides is 3. The summed E-state index contributed by atoms with van der Waals surface area (Å²) in [5, 5.41) is 12.4. The van der Waals surface area contributed by atoms with Crippen molar-refractivity contribution in [1.82, 2.24) is 10.2 Å². The van der Waals surface area contributed by atoms with Gasteiger partial charge in [0.25, 0.3) is 5.91 Å². The Labute approximate surface area is 201 Å². The molecule has 34 heavy (non-hydrogen) atoms. The summed E-state index contributed by atoms with van der Waals surface area (Å²) < 4.78 is 0.742. The van der Waals surface area contributed by atoms with Gasteiger partial charge in [0.05, 0.1) is 31.5 Å². The van der Waals surface area contributed by atoms with Crippen LogP contribution in [-0.4, -0.2) is 81.5 Å². The van der Waals surface area contributed by atoms with Gasteiger partial charge in [-0.15, -0.1) is 11.8 Å². The van der Waals surface area contributed by atoms with Gasteiger partial charge in [-0.25, -0.2) is 4.79 Å². The number of aliphatic carboxylic acids is 1. The smallest absolute Gasteiger partial charge is 0.352 e. The van der Waals surface area contributed by atoms with Gasteiger partial charge in [-0.05, 0) is 5.56 Å². The molecule has 3 amide bonds. The van der Waals surface area contributed by atoms with Crippen LogP contribution >= 0.6 is 11.8 Å². The standard InChI is InChI=1S/C24H28N4O5S/c25-23(33)24-6-9-28(10-7-24,11-8-24)13-16-14-34-21-18(20(30)27(21)19(16)22(31)32)26-17(29)12-15-4-2-1-3-5-15/h1-5,18,21H,6-14H2,(H3-,25,26,29,31,32,33)/p+1/t18-,21+,24?,28?/m1/s1. The van der Waals surface area contributed by atoms with E-state index < -0.39 is 22.8 Å². The Morgan fingerprint density at radius 1 is 1.15 bits per heavy atom. The minimum atomic E-state index is -1.11. The third-order valence-electron chi connectivity index (χ3n) is 8.02. The zero-order chi connectivity index (χ0) is 24.1. The number of nitrogens with zero attached hydrogens (tertiary/aromatic N) is 2. The summed E-state index contributed by atoms with van der Waals surface area (Å²) in [5.74, 6) is -1.46. The van der Waals surface area contributed by atoms with E-state index >= 15 is 0 Å². The Balaban J connectivity index is 1.29. The molecule has 9 nitrogen and oxygen atoms in total. The van der Waals surface area contributed by atoms with E-state index in [0.29, 0.717) is 12.3 Å². The van der Waals surface area contributed by atoms with Gasteiger partial charge >= 0.3 is 5.97 Å². The molecule has 4 fully saturated rings. The number of hydrogen-bond acceptors (Lipinski definition) is 5. The lowest BCUT2D eigenvalue weighted by Crippen LogP contribution is -2.71. The average Bonchev–Trinajstić information content (AvgIpc) is 2.83. The normalized spacial score (nSPS) is 32.1. The fourth-order valence-electron chi connectivity index (χ4n) is 5.89. The number of carboxylic acid groups (broad SMARTS) is 1. The van der Waals surface area contributed by atoms with E-state index in [2.05, 4.69) is 5.32 Å². The molecule has 4 saturated heterocycles. The average molecular weight is 486 g/mol. The fourth-order valence-corrected chi connectivity index (χ4v) is 7.22. The van der Waals surface area contributed by atoms with E-state index in [0.717, 1.165) is 54.5 Å². The maximum Gasteiger partial charge on any atom is 0.352 e. The summed E-state index contributed by atoms with van der Waals surface area (Å²) in [7, 11) is 0. The summed E-state index contributed by atoms with van der Waals surface area (Å²) in [5.41, 5.74) is 6.92. The van der Waals surface area contributed by atoms with Crippen molar-refractivity contribution in [2.45, 2.75) is 37.1 Å². The molecule has 1 aromatic rings. The van der Waals surface area contributed by atoms with Crippen molar-refractivity contribution in [2.75, 3.05) is 31.9 Å². The number of thioether (sulfide) groups is 1. The SMILES string of the molecule is NC(=O)C12CC[N+](CC3=C(C(=O)O)N4C(=O)[C@@H](NC(=O)Cc5ccccc5)[C@@H]4SC3)(CC1)CC2. The quantitative estimate of drug-likeness (QED) is 0.380. The molecular weight excluding hydrogens is 456 g/mol. The number of carbonyl (C=O) groups is 4. The molecule has 2 bridgehead atoms. The Bertz CT molecular complexity index is 1060. The van der Waals surface area contributed by atoms with Crippen LogP contribution in [0, 0.1) is 5.41 Å². The topological polar surface area (TPSA) is 130 Å². The van der Waals surface area contributed by atoms with Crippen molar-refractivity contribution in [3.8, 4) is 0 Å². The first-order valence-electron chi connectivity index (χ1n) is 11.6. The molecule has 5 aliphatic rings. The number of rotatable bonds is 7. The molecule has 5 aliphatic heterocycles. The van der Waals surface area contributed by atoms with Crippen LogP contribution in [0.4, 0.5) is 0 Å². The van der Waals surface area contributed by atoms with Crippen LogP contribution in [0.2, 0.25) is 0 Å². The summed E-state index contributed by atoms with van der Waals surface area (Å²) in [4.78, 5) is 51.0. The lowest BCUT2D eigenvalue weighted by atomic mass is 9.70. The molecule has 0 unspecified atom stereocenters. The maximum absolute atomic E-state index is 13.0. The number of carboxylic acids is 1. The van der Waals surface area contributed by atoms with Gasteiger partial charge in [0.15, 0.2) is 0 Å². The number of piperidine rings is 3. The molecule has 0 aromatic heterocycles. The van der Waals surface area contributed by atoms with Gasteiger partial charge in [0.1, 0.15) is 23.7 Å². The first-order chi connectivity index (χ1) is 16.2. The lowest BCUT2D eigenvalue weighted by Gasteiger charge is -2.55. The monoisotopic (exact) mass is 485 g/mol. The molecule has 0 saturated carbocycles. The second-order valence-electron chi connectivity index (χ2n) is 9.94. The van der Waals surface area contributed by atoms with E-state index in [4.69, 9.17) is 5.73 Å². The highest BCUT2D eigenvalue weighted by molar-refractivity contribution is 8.00. The van der Waals surface area contributed by atoms with Crippen molar-refractivity contribution in [3.63, 3.8) is 0 Å². The Kier molecular flexibility index (Phi) is 5.68. The highest BCUT2D eigenvalue weighted by Crippen LogP contribution is 2.46. The second-order valence-corrected chi connectivity index (χ2v) is 11.0. The molecule has 10 heteroatoms. The van der Waals surface area contributed by atoms with Gasteiger partial charge in [-0.2, -0.15) is 0 Å². The van der Waals surface area contributed by atoms with Crippen LogP contribution in [0.25, 0.3) is 0 Å². The van der Waals surface area contributed by atoms with Crippen molar-refractivity contribution in [3.05, 3.63) is 47.2 Å². The number of nitrogens with one attached hydrogen (secondary N) is 1. The number of fused-ring (bicyclic) bond motifs is 4. The van der Waals surface area contributed by atoms with Gasteiger partial charge in [-0.3, -0.25) is 19.3 Å². The third kappa shape index (κ3) is 3.78. The molecular formula is C24H29N4O5S+. The summed E-state index contributed by atoms with van der Waals surface area (Å²) >= 11 is 1.50. The van der Waals surface area contributed by atoms with Crippen LogP contribution in [0.15, 0.2) is 41.6 Å². The van der Waals surface area contributed by atoms with Gasteiger partial charge in [0.2, 0.25) is 11.8 Å². The number of carbonyl (C=O) groups excluding carboxylic acids is 3. The van der Waals surface area contributed by atoms with E-state index in [1.54, 1.807) is 0 Å². The summed E-state index contributed by atoms with van der Waals surface area (Å²) in [6.45, 7) is 2.93. The van der Waals surface area contributed by atoms with Crippen LogP contribution in [0.3, 0.4) is 0 Å². The minimum Gasteiger partial charge on any atom is -0.477 e. The van der Waals surface area contributed by atoms with Crippen molar-refractivity contribution in [1.29, 1.82) is 0 Å². The molecule has 0 spiro atoms. The molecule has 6 rings (SSSR count). The number of nitrogens with two attached hydrogens (primary N) is 1. The van der Waals surface area contributed by atoms with E-state index in [9.17, 15) is 24.3 Å².